The van der Waals surface area contributed by atoms with E-state index < -0.39 is 0 Å². The van der Waals surface area contributed by atoms with Crippen molar-refractivity contribution in [1.82, 2.24) is 9.38 Å². The number of aromatic nitrogens is 2. The Hall–Kier alpha value is -1.55. The van der Waals surface area contributed by atoms with E-state index in [0.29, 0.717) is 10.0 Å². The monoisotopic (exact) mass is 292 g/mol. The fourth-order valence-corrected chi connectivity index (χ4v) is 2.29. The van der Waals surface area contributed by atoms with Gasteiger partial charge >= 0.3 is 0 Å². The van der Waals surface area contributed by atoms with Gasteiger partial charge in [0.2, 0.25) is 0 Å². The molecule has 5 heteroatoms. The molecule has 0 unspecified atom stereocenters. The van der Waals surface area contributed by atoms with Gasteiger partial charge in [-0.15, -0.1) is 0 Å². The minimum Gasteiger partial charge on any atom is -0.392 e. The Bertz CT molecular complexity index is 752. The fourth-order valence-electron chi connectivity index (χ4n) is 1.99. The molecule has 1 aromatic carbocycles. The molecule has 3 rings (SSSR count). The maximum Gasteiger partial charge on any atom is 0.142 e. The van der Waals surface area contributed by atoms with Crippen molar-refractivity contribution in [2.24, 2.45) is 0 Å². The first-order valence-electron chi connectivity index (χ1n) is 5.72. The average Bonchev–Trinajstić information content (AvgIpc) is 2.85. The van der Waals surface area contributed by atoms with Crippen LogP contribution < -0.4 is 0 Å². The Kier molecular flexibility index (Phi) is 3.19. The van der Waals surface area contributed by atoms with Crippen LogP contribution in [0.25, 0.3) is 16.9 Å². The maximum atomic E-state index is 9.30. The number of hydrogen-bond acceptors (Lipinski definition) is 2. The topological polar surface area (TPSA) is 37.5 Å². The minimum atomic E-state index is -0.0395. The Morgan fingerprint density at radius 1 is 1.16 bits per heavy atom. The van der Waals surface area contributed by atoms with Crippen LogP contribution in [0.5, 0.6) is 0 Å². The first kappa shape index (κ1) is 12.5. The van der Waals surface area contributed by atoms with Crippen LogP contribution in [0.2, 0.25) is 10.0 Å². The molecule has 0 radical (unpaired) electrons. The zero-order valence-electron chi connectivity index (χ0n) is 9.85. The van der Waals surface area contributed by atoms with Crippen molar-refractivity contribution < 1.29 is 5.11 Å². The third-order valence-corrected chi connectivity index (χ3v) is 3.69. The second-order valence-electron chi connectivity index (χ2n) is 4.18. The summed E-state index contributed by atoms with van der Waals surface area (Å²) in [5.74, 6) is 0. The van der Waals surface area contributed by atoms with Gasteiger partial charge in [-0.25, -0.2) is 4.98 Å². The number of pyridine rings is 1. The Labute approximate surface area is 120 Å². The van der Waals surface area contributed by atoms with Gasteiger partial charge in [0.05, 0.1) is 22.3 Å². The summed E-state index contributed by atoms with van der Waals surface area (Å²) in [7, 11) is 0. The van der Waals surface area contributed by atoms with E-state index in [1.165, 1.54) is 0 Å². The molecule has 0 aliphatic carbocycles. The summed E-state index contributed by atoms with van der Waals surface area (Å²) in [6, 6.07) is 9.12. The molecule has 3 nitrogen and oxygen atoms in total. The van der Waals surface area contributed by atoms with Crippen molar-refractivity contribution in [2.75, 3.05) is 0 Å². The van der Waals surface area contributed by atoms with Crippen LogP contribution in [0, 0.1) is 0 Å². The molecule has 0 saturated carbocycles. The molecule has 2 heterocycles. The Morgan fingerprint density at radius 3 is 2.74 bits per heavy atom. The predicted molar refractivity (Wildman–Crippen MR) is 76.6 cm³/mol. The van der Waals surface area contributed by atoms with E-state index in [0.717, 1.165) is 22.5 Å². The molecule has 0 fully saturated rings. The third kappa shape index (κ3) is 2.21. The first-order chi connectivity index (χ1) is 9.19. The summed E-state index contributed by atoms with van der Waals surface area (Å²) in [5, 5.41) is 10.3. The highest BCUT2D eigenvalue weighted by molar-refractivity contribution is 6.42. The van der Waals surface area contributed by atoms with Gasteiger partial charge in [0.25, 0.3) is 0 Å². The lowest BCUT2D eigenvalue weighted by Gasteiger charge is -1.99. The van der Waals surface area contributed by atoms with Gasteiger partial charge in [-0.3, -0.25) is 0 Å². The van der Waals surface area contributed by atoms with Crippen LogP contribution in [-0.2, 0) is 6.61 Å². The Morgan fingerprint density at radius 2 is 2.00 bits per heavy atom. The van der Waals surface area contributed by atoms with E-state index in [4.69, 9.17) is 23.2 Å². The van der Waals surface area contributed by atoms with Crippen LogP contribution in [0.15, 0.2) is 42.7 Å². The van der Waals surface area contributed by atoms with Gasteiger partial charge < -0.3 is 9.51 Å². The molecule has 19 heavy (non-hydrogen) atoms. The molecule has 96 valence electrons. The lowest BCUT2D eigenvalue weighted by Crippen LogP contribution is -1.90. The molecule has 0 aliphatic rings. The predicted octanol–water partition coefficient (Wildman–Crippen LogP) is 3.80. The lowest BCUT2D eigenvalue weighted by molar-refractivity contribution is 0.282. The highest BCUT2D eigenvalue weighted by Gasteiger charge is 2.08. The zero-order chi connectivity index (χ0) is 13.4. The number of rotatable bonds is 2. The molecule has 0 aliphatic heterocycles. The summed E-state index contributed by atoms with van der Waals surface area (Å²) in [5.41, 5.74) is 3.21. The summed E-state index contributed by atoms with van der Waals surface area (Å²) < 4.78 is 1.88. The second-order valence-corrected chi connectivity index (χ2v) is 4.99. The molecule has 0 bridgehead atoms. The normalized spacial score (nSPS) is 11.1. The second kappa shape index (κ2) is 4.85. The average molecular weight is 293 g/mol. The van der Waals surface area contributed by atoms with E-state index >= 15 is 0 Å². The highest BCUT2D eigenvalue weighted by atomic mass is 35.5. The largest absolute Gasteiger partial charge is 0.392 e. The van der Waals surface area contributed by atoms with E-state index in [1.807, 2.05) is 35.0 Å². The maximum absolute atomic E-state index is 9.30. The molecule has 2 aromatic heterocycles. The summed E-state index contributed by atoms with van der Waals surface area (Å²) in [4.78, 5) is 4.53. The van der Waals surface area contributed by atoms with E-state index in [9.17, 15) is 5.11 Å². The quantitative estimate of drug-likeness (QED) is 0.780. The van der Waals surface area contributed by atoms with Crippen LogP contribution in [0.4, 0.5) is 0 Å². The van der Waals surface area contributed by atoms with Crippen molar-refractivity contribution in [3.05, 3.63) is 58.3 Å². The van der Waals surface area contributed by atoms with Crippen LogP contribution in [-0.4, -0.2) is 14.5 Å². The summed E-state index contributed by atoms with van der Waals surface area (Å²) in [6.07, 6.45) is 3.79. The van der Waals surface area contributed by atoms with Crippen LogP contribution >= 0.6 is 23.2 Å². The molecular weight excluding hydrogens is 283 g/mol. The van der Waals surface area contributed by atoms with Crippen LogP contribution in [0.3, 0.4) is 0 Å². The third-order valence-electron chi connectivity index (χ3n) is 2.95. The van der Waals surface area contributed by atoms with Gasteiger partial charge in [0.15, 0.2) is 0 Å². The number of benzene rings is 1. The smallest absolute Gasteiger partial charge is 0.142 e. The molecule has 1 N–H and O–H groups in total. The molecule has 0 atom stereocenters. The first-order valence-corrected chi connectivity index (χ1v) is 6.47. The molecule has 3 aromatic rings. The fraction of sp³-hybridized carbons (Fsp3) is 0.0714. The van der Waals surface area contributed by atoms with Gasteiger partial charge in [-0.1, -0.05) is 35.3 Å². The number of aliphatic hydroxyl groups is 1. The molecule has 0 amide bonds. The van der Waals surface area contributed by atoms with Crippen molar-refractivity contribution >= 4 is 28.8 Å². The SMILES string of the molecule is OCc1cccn2cc(-c3ccc(Cl)c(Cl)c3)nc12. The van der Waals surface area contributed by atoms with E-state index in [-0.39, 0.29) is 6.61 Å². The van der Waals surface area contributed by atoms with Crippen molar-refractivity contribution in [2.45, 2.75) is 6.61 Å². The van der Waals surface area contributed by atoms with E-state index in [2.05, 4.69) is 4.98 Å². The number of aliphatic hydroxyl groups excluding tert-OH is 1. The number of fused-ring (bicyclic) bond motifs is 1. The summed E-state index contributed by atoms with van der Waals surface area (Å²) in [6.45, 7) is -0.0395. The van der Waals surface area contributed by atoms with Gasteiger partial charge in [-0.05, 0) is 18.2 Å². The van der Waals surface area contributed by atoms with Crippen molar-refractivity contribution in [3.63, 3.8) is 0 Å². The number of hydrogen-bond donors (Lipinski definition) is 1. The lowest BCUT2D eigenvalue weighted by atomic mass is 10.2. The minimum absolute atomic E-state index is 0.0395. The number of imidazole rings is 1. The van der Waals surface area contributed by atoms with Crippen molar-refractivity contribution in [1.29, 1.82) is 0 Å². The summed E-state index contributed by atoms with van der Waals surface area (Å²) >= 11 is 11.9. The zero-order valence-corrected chi connectivity index (χ0v) is 11.4. The van der Waals surface area contributed by atoms with Crippen LogP contribution in [0.1, 0.15) is 5.56 Å². The van der Waals surface area contributed by atoms with Gasteiger partial charge in [0, 0.05) is 23.5 Å². The van der Waals surface area contributed by atoms with Gasteiger partial charge in [-0.2, -0.15) is 0 Å². The molecule has 0 spiro atoms. The highest BCUT2D eigenvalue weighted by Crippen LogP contribution is 2.28. The molecule has 0 saturated heterocycles. The van der Waals surface area contributed by atoms with Crippen molar-refractivity contribution in [3.8, 4) is 11.3 Å². The number of nitrogens with zero attached hydrogens (tertiary/aromatic N) is 2. The Balaban J connectivity index is 2.17. The molecular formula is C14H10Cl2N2O. The standard InChI is InChI=1S/C14H10Cl2N2O/c15-11-4-3-9(6-12(11)16)13-7-18-5-1-2-10(8-19)14(18)17-13/h1-7,19H,8H2. The number of halogens is 2. The van der Waals surface area contributed by atoms with Gasteiger partial charge in [0.1, 0.15) is 5.65 Å². The van der Waals surface area contributed by atoms with E-state index in [1.54, 1.807) is 12.1 Å².